The Morgan fingerprint density at radius 2 is 0.976 bits per heavy atom. The molecule has 0 atom stereocenters. The molecule has 42 heavy (non-hydrogen) atoms. The largest absolute Gasteiger partial charge is 0.494 e. The van der Waals surface area contributed by atoms with Gasteiger partial charge >= 0.3 is 0 Å². The van der Waals surface area contributed by atoms with Crippen molar-refractivity contribution in [2.75, 3.05) is 46.8 Å². The van der Waals surface area contributed by atoms with E-state index in [9.17, 15) is 0 Å². The van der Waals surface area contributed by atoms with Gasteiger partial charge in [-0.1, -0.05) is 50.4 Å². The van der Waals surface area contributed by atoms with Crippen LogP contribution in [0.3, 0.4) is 0 Å². The summed E-state index contributed by atoms with van der Waals surface area (Å²) in [5.41, 5.74) is 3.36. The van der Waals surface area contributed by atoms with Gasteiger partial charge in [-0.25, -0.2) is 0 Å². The summed E-state index contributed by atoms with van der Waals surface area (Å²) < 4.78 is 21.9. The second-order valence-electron chi connectivity index (χ2n) is 9.87. The third-order valence-electron chi connectivity index (χ3n) is 6.44. The maximum absolute atomic E-state index is 8.80. The predicted octanol–water partition coefficient (Wildman–Crippen LogP) is 8.04. The number of hydrogen-bond donors (Lipinski definition) is 1. The molecule has 0 amide bonds. The SMILES string of the molecule is COCCOCCOc1ccc(C#Cc2ccc(/N=N/c3ccc(OCCCCCCCCCCO)cc3)cc2)cc1. The summed E-state index contributed by atoms with van der Waals surface area (Å²) >= 11 is 0. The molecule has 7 nitrogen and oxygen atoms in total. The van der Waals surface area contributed by atoms with E-state index in [1.807, 2.05) is 72.8 Å². The predicted molar refractivity (Wildman–Crippen MR) is 167 cm³/mol. The summed E-state index contributed by atoms with van der Waals surface area (Å²) in [4.78, 5) is 0. The molecule has 0 aliphatic carbocycles. The van der Waals surface area contributed by atoms with E-state index >= 15 is 0 Å². The molecule has 0 aliphatic heterocycles. The maximum atomic E-state index is 8.80. The Morgan fingerprint density at radius 3 is 1.55 bits per heavy atom. The van der Waals surface area contributed by atoms with Crippen LogP contribution >= 0.6 is 0 Å². The van der Waals surface area contributed by atoms with Gasteiger partial charge in [0.1, 0.15) is 18.1 Å². The van der Waals surface area contributed by atoms with E-state index < -0.39 is 0 Å². The first-order valence-electron chi connectivity index (χ1n) is 14.9. The van der Waals surface area contributed by atoms with Crippen LogP contribution in [0.5, 0.6) is 11.5 Å². The third-order valence-corrected chi connectivity index (χ3v) is 6.44. The third kappa shape index (κ3) is 14.3. The van der Waals surface area contributed by atoms with Gasteiger partial charge in [0.2, 0.25) is 0 Å². The van der Waals surface area contributed by atoms with Gasteiger partial charge in [-0.05, 0) is 85.6 Å². The fourth-order valence-corrected chi connectivity index (χ4v) is 4.04. The lowest BCUT2D eigenvalue weighted by atomic mass is 10.1. The van der Waals surface area contributed by atoms with Crippen LogP contribution in [0.25, 0.3) is 0 Å². The fraction of sp³-hybridized carbons (Fsp3) is 0.429. The highest BCUT2D eigenvalue weighted by Gasteiger charge is 1.98. The van der Waals surface area contributed by atoms with Crippen LogP contribution in [0.4, 0.5) is 11.4 Å². The van der Waals surface area contributed by atoms with Crippen LogP contribution in [0, 0.1) is 11.8 Å². The van der Waals surface area contributed by atoms with Crippen molar-refractivity contribution in [1.82, 2.24) is 0 Å². The van der Waals surface area contributed by atoms with Gasteiger partial charge in [0, 0.05) is 24.8 Å². The fourth-order valence-electron chi connectivity index (χ4n) is 4.04. The van der Waals surface area contributed by atoms with Crippen LogP contribution in [-0.4, -0.2) is 51.9 Å². The Bertz CT molecular complexity index is 1200. The van der Waals surface area contributed by atoms with Gasteiger partial charge < -0.3 is 24.1 Å². The molecule has 0 heterocycles. The zero-order chi connectivity index (χ0) is 29.5. The van der Waals surface area contributed by atoms with E-state index in [0.717, 1.165) is 59.9 Å². The van der Waals surface area contributed by atoms with E-state index in [1.165, 1.54) is 32.1 Å². The number of ether oxygens (including phenoxy) is 4. The lowest BCUT2D eigenvalue weighted by Gasteiger charge is -2.06. The number of azo groups is 1. The van der Waals surface area contributed by atoms with Gasteiger partial charge in [-0.2, -0.15) is 10.2 Å². The standard InChI is InChI=1S/C35H44N2O5/c1-39-26-27-40-28-29-42-34-20-14-31(15-21-34)11-10-30-12-16-32(17-13-30)36-37-33-18-22-35(23-19-33)41-25-9-7-5-3-2-4-6-8-24-38/h12-23,38H,2-9,24-29H2,1H3/b37-36+. The van der Waals surface area contributed by atoms with Crippen molar-refractivity contribution in [3.63, 3.8) is 0 Å². The molecule has 0 saturated heterocycles. The maximum Gasteiger partial charge on any atom is 0.119 e. The van der Waals surface area contributed by atoms with E-state index in [4.69, 9.17) is 24.1 Å². The van der Waals surface area contributed by atoms with Crippen LogP contribution in [0.2, 0.25) is 0 Å². The highest BCUT2D eigenvalue weighted by molar-refractivity contribution is 5.48. The number of methoxy groups -OCH3 is 1. The Hall–Kier alpha value is -3.70. The first kappa shape index (κ1) is 32.8. The highest BCUT2D eigenvalue weighted by atomic mass is 16.5. The highest BCUT2D eigenvalue weighted by Crippen LogP contribution is 2.22. The Morgan fingerprint density at radius 1 is 0.524 bits per heavy atom. The molecule has 0 aliphatic rings. The summed E-state index contributed by atoms with van der Waals surface area (Å²) in [7, 11) is 1.65. The molecule has 3 rings (SSSR count). The molecule has 0 radical (unpaired) electrons. The van der Waals surface area contributed by atoms with E-state index in [0.29, 0.717) is 33.0 Å². The van der Waals surface area contributed by atoms with Crippen molar-refractivity contribution in [2.45, 2.75) is 51.4 Å². The number of unbranched alkanes of at least 4 members (excludes halogenated alkanes) is 7. The van der Waals surface area contributed by atoms with Crippen LogP contribution < -0.4 is 9.47 Å². The number of aliphatic hydroxyl groups excluding tert-OH is 1. The molecular formula is C35H44N2O5. The second-order valence-corrected chi connectivity index (χ2v) is 9.87. The Balaban J connectivity index is 1.34. The minimum absolute atomic E-state index is 0.314. The minimum Gasteiger partial charge on any atom is -0.494 e. The van der Waals surface area contributed by atoms with Crippen LogP contribution in [-0.2, 0) is 9.47 Å². The van der Waals surface area contributed by atoms with E-state index in [-0.39, 0.29) is 0 Å². The summed E-state index contributed by atoms with van der Waals surface area (Å²) in [5, 5.41) is 17.5. The molecule has 0 aromatic heterocycles. The van der Waals surface area contributed by atoms with Gasteiger partial charge in [0.15, 0.2) is 0 Å². The van der Waals surface area contributed by atoms with Crippen molar-refractivity contribution in [1.29, 1.82) is 0 Å². The summed E-state index contributed by atoms with van der Waals surface area (Å²) in [6.07, 6.45) is 9.31. The average Bonchev–Trinajstić information content (AvgIpc) is 3.03. The first-order valence-corrected chi connectivity index (χ1v) is 14.9. The zero-order valence-electron chi connectivity index (χ0n) is 24.8. The lowest BCUT2D eigenvalue weighted by Crippen LogP contribution is -2.09. The average molecular weight is 573 g/mol. The first-order chi connectivity index (χ1) is 20.8. The molecule has 3 aromatic rings. The smallest absolute Gasteiger partial charge is 0.119 e. The molecule has 0 spiro atoms. The summed E-state index contributed by atoms with van der Waals surface area (Å²) in [5.74, 6) is 8.00. The number of hydrogen-bond acceptors (Lipinski definition) is 7. The summed E-state index contributed by atoms with van der Waals surface area (Å²) in [6.45, 7) is 3.21. The molecule has 0 bridgehead atoms. The van der Waals surface area contributed by atoms with Gasteiger partial charge in [-0.15, -0.1) is 0 Å². The van der Waals surface area contributed by atoms with Crippen LogP contribution in [0.15, 0.2) is 83.0 Å². The number of rotatable bonds is 20. The van der Waals surface area contributed by atoms with Crippen molar-refractivity contribution in [3.8, 4) is 23.3 Å². The monoisotopic (exact) mass is 572 g/mol. The molecule has 3 aromatic carbocycles. The van der Waals surface area contributed by atoms with Crippen molar-refractivity contribution < 1.29 is 24.1 Å². The zero-order valence-corrected chi connectivity index (χ0v) is 24.8. The number of benzene rings is 3. The number of nitrogens with zero attached hydrogens (tertiary/aromatic N) is 2. The van der Waals surface area contributed by atoms with E-state index in [2.05, 4.69) is 22.1 Å². The van der Waals surface area contributed by atoms with Crippen LogP contribution in [0.1, 0.15) is 62.5 Å². The molecule has 0 saturated carbocycles. The molecule has 0 unspecified atom stereocenters. The summed E-state index contributed by atoms with van der Waals surface area (Å²) in [6, 6.07) is 23.1. The topological polar surface area (TPSA) is 81.9 Å². The van der Waals surface area contributed by atoms with Gasteiger partial charge in [0.25, 0.3) is 0 Å². The Labute approximate surface area is 250 Å². The van der Waals surface area contributed by atoms with Gasteiger partial charge in [0.05, 0.1) is 37.8 Å². The van der Waals surface area contributed by atoms with Crippen molar-refractivity contribution in [2.24, 2.45) is 10.2 Å². The van der Waals surface area contributed by atoms with E-state index in [1.54, 1.807) is 7.11 Å². The molecule has 1 N–H and O–H groups in total. The number of aliphatic hydroxyl groups is 1. The lowest BCUT2D eigenvalue weighted by molar-refractivity contribution is 0.0544. The minimum atomic E-state index is 0.314. The quantitative estimate of drug-likeness (QED) is 0.0842. The van der Waals surface area contributed by atoms with Crippen molar-refractivity contribution >= 4 is 11.4 Å². The normalized spacial score (nSPS) is 10.9. The molecule has 7 heteroatoms. The Kier molecular flexibility index (Phi) is 16.5. The molecule has 0 fully saturated rings. The van der Waals surface area contributed by atoms with Crippen molar-refractivity contribution in [3.05, 3.63) is 83.9 Å². The van der Waals surface area contributed by atoms with Gasteiger partial charge in [-0.3, -0.25) is 0 Å². The second kappa shape index (κ2) is 21.1. The molecular weight excluding hydrogens is 528 g/mol. The molecule has 224 valence electrons.